The van der Waals surface area contributed by atoms with Crippen LogP contribution < -0.4 is 9.62 Å². The number of benzene rings is 2. The third-order valence-corrected chi connectivity index (χ3v) is 5.87. The van der Waals surface area contributed by atoms with Crippen molar-refractivity contribution in [2.75, 3.05) is 22.7 Å². The number of aryl methyl sites for hydroxylation is 1. The minimum absolute atomic E-state index is 0.213. The second-order valence-electron chi connectivity index (χ2n) is 6.50. The summed E-state index contributed by atoms with van der Waals surface area (Å²) in [4.78, 5) is 11.5. The van der Waals surface area contributed by atoms with Crippen LogP contribution in [0.1, 0.15) is 18.4 Å². The SMILES string of the molecule is Cc1ccc(S(=O)(=O)Nc2nc3ccccc3nc2N2CCCC2)cc1. The van der Waals surface area contributed by atoms with Gasteiger partial charge in [0.1, 0.15) is 0 Å². The first-order valence-corrected chi connectivity index (χ1v) is 10.1. The average Bonchev–Trinajstić information content (AvgIpc) is 3.15. The van der Waals surface area contributed by atoms with Gasteiger partial charge >= 0.3 is 0 Å². The first-order valence-electron chi connectivity index (χ1n) is 8.64. The molecule has 0 atom stereocenters. The van der Waals surface area contributed by atoms with Crippen LogP contribution in [0.5, 0.6) is 0 Å². The van der Waals surface area contributed by atoms with Crippen molar-refractivity contribution < 1.29 is 8.42 Å². The normalized spacial score (nSPS) is 14.7. The molecule has 1 N–H and O–H groups in total. The number of sulfonamides is 1. The van der Waals surface area contributed by atoms with E-state index >= 15 is 0 Å². The predicted molar refractivity (Wildman–Crippen MR) is 103 cm³/mol. The molecule has 0 unspecified atom stereocenters. The van der Waals surface area contributed by atoms with E-state index in [-0.39, 0.29) is 10.7 Å². The smallest absolute Gasteiger partial charge is 0.263 e. The fourth-order valence-electron chi connectivity index (χ4n) is 3.11. The highest BCUT2D eigenvalue weighted by atomic mass is 32.2. The lowest BCUT2D eigenvalue weighted by Crippen LogP contribution is -2.23. The fourth-order valence-corrected chi connectivity index (χ4v) is 4.12. The molecule has 0 bridgehead atoms. The Hall–Kier alpha value is -2.67. The summed E-state index contributed by atoms with van der Waals surface area (Å²) < 4.78 is 28.3. The molecule has 1 aliphatic rings. The van der Waals surface area contributed by atoms with Crippen molar-refractivity contribution in [1.82, 2.24) is 9.97 Å². The van der Waals surface area contributed by atoms with E-state index < -0.39 is 10.0 Å². The Balaban J connectivity index is 1.79. The highest BCUT2D eigenvalue weighted by Gasteiger charge is 2.23. The van der Waals surface area contributed by atoms with Gasteiger partial charge in [-0.1, -0.05) is 29.8 Å². The number of fused-ring (bicyclic) bond motifs is 1. The second-order valence-corrected chi connectivity index (χ2v) is 8.18. The summed E-state index contributed by atoms with van der Waals surface area (Å²) in [6, 6.07) is 14.2. The number of anilines is 2. The van der Waals surface area contributed by atoms with E-state index in [1.54, 1.807) is 24.3 Å². The van der Waals surface area contributed by atoms with Gasteiger partial charge < -0.3 is 4.90 Å². The van der Waals surface area contributed by atoms with E-state index in [4.69, 9.17) is 0 Å². The minimum atomic E-state index is -3.73. The summed E-state index contributed by atoms with van der Waals surface area (Å²) in [5, 5.41) is 0. The molecule has 0 saturated carbocycles. The van der Waals surface area contributed by atoms with Crippen LogP contribution in [-0.4, -0.2) is 31.5 Å². The Labute approximate surface area is 152 Å². The van der Waals surface area contributed by atoms with Crippen molar-refractivity contribution in [2.24, 2.45) is 0 Å². The second kappa shape index (κ2) is 6.57. The first kappa shape index (κ1) is 16.8. The molecule has 6 nitrogen and oxygen atoms in total. The van der Waals surface area contributed by atoms with E-state index in [2.05, 4.69) is 19.6 Å². The highest BCUT2D eigenvalue weighted by molar-refractivity contribution is 7.92. The van der Waals surface area contributed by atoms with Crippen LogP contribution in [0.25, 0.3) is 11.0 Å². The third-order valence-electron chi connectivity index (χ3n) is 4.52. The molecule has 1 aliphatic heterocycles. The van der Waals surface area contributed by atoms with Crippen molar-refractivity contribution in [3.05, 3.63) is 54.1 Å². The molecule has 7 heteroatoms. The van der Waals surface area contributed by atoms with Gasteiger partial charge in [0.25, 0.3) is 10.0 Å². The minimum Gasteiger partial charge on any atom is -0.354 e. The van der Waals surface area contributed by atoms with Crippen molar-refractivity contribution in [3.8, 4) is 0 Å². The van der Waals surface area contributed by atoms with Gasteiger partial charge in [-0.05, 0) is 44.0 Å². The number of rotatable bonds is 4. The zero-order valence-corrected chi connectivity index (χ0v) is 15.3. The number of nitrogens with one attached hydrogen (secondary N) is 1. The summed E-state index contributed by atoms with van der Waals surface area (Å²) in [6.45, 7) is 3.63. The van der Waals surface area contributed by atoms with E-state index in [0.29, 0.717) is 11.3 Å². The van der Waals surface area contributed by atoms with Gasteiger partial charge in [0.05, 0.1) is 15.9 Å². The summed E-state index contributed by atoms with van der Waals surface area (Å²) in [7, 11) is -3.73. The molecule has 1 saturated heterocycles. The molecule has 3 aromatic rings. The molecule has 0 spiro atoms. The average molecular weight is 368 g/mol. The van der Waals surface area contributed by atoms with Crippen LogP contribution in [0, 0.1) is 6.92 Å². The summed E-state index contributed by atoms with van der Waals surface area (Å²) in [5.41, 5.74) is 2.43. The number of nitrogens with zero attached hydrogens (tertiary/aromatic N) is 3. The molecule has 1 aromatic heterocycles. The molecule has 0 aliphatic carbocycles. The van der Waals surface area contributed by atoms with E-state index in [1.165, 1.54) is 0 Å². The van der Waals surface area contributed by atoms with Crippen LogP contribution in [-0.2, 0) is 10.0 Å². The lowest BCUT2D eigenvalue weighted by atomic mass is 10.2. The zero-order chi connectivity index (χ0) is 18.1. The molecule has 134 valence electrons. The van der Waals surface area contributed by atoms with Gasteiger partial charge in [-0.3, -0.25) is 4.72 Å². The molecule has 2 heterocycles. The largest absolute Gasteiger partial charge is 0.354 e. The van der Waals surface area contributed by atoms with Crippen LogP contribution >= 0.6 is 0 Å². The number of para-hydroxylation sites is 2. The Morgan fingerprint density at radius 3 is 2.19 bits per heavy atom. The van der Waals surface area contributed by atoms with Crippen LogP contribution in [0.2, 0.25) is 0 Å². The van der Waals surface area contributed by atoms with Crippen molar-refractivity contribution in [2.45, 2.75) is 24.7 Å². The first-order chi connectivity index (χ1) is 12.5. The third kappa shape index (κ3) is 3.22. The predicted octanol–water partition coefficient (Wildman–Crippen LogP) is 3.34. The molecule has 0 radical (unpaired) electrons. The maximum Gasteiger partial charge on any atom is 0.263 e. The van der Waals surface area contributed by atoms with E-state index in [9.17, 15) is 8.42 Å². The summed E-state index contributed by atoms with van der Waals surface area (Å²) in [6.07, 6.45) is 2.14. The Morgan fingerprint density at radius 2 is 1.54 bits per heavy atom. The summed E-state index contributed by atoms with van der Waals surface area (Å²) >= 11 is 0. The Morgan fingerprint density at radius 1 is 0.923 bits per heavy atom. The van der Waals surface area contributed by atoms with Crippen molar-refractivity contribution in [3.63, 3.8) is 0 Å². The zero-order valence-electron chi connectivity index (χ0n) is 14.5. The van der Waals surface area contributed by atoms with Crippen LogP contribution in [0.15, 0.2) is 53.4 Å². The van der Waals surface area contributed by atoms with E-state index in [1.807, 2.05) is 31.2 Å². The van der Waals surface area contributed by atoms with Gasteiger partial charge in [-0.25, -0.2) is 18.4 Å². The number of hydrogen-bond donors (Lipinski definition) is 1. The topological polar surface area (TPSA) is 75.2 Å². The molecule has 26 heavy (non-hydrogen) atoms. The van der Waals surface area contributed by atoms with Crippen molar-refractivity contribution in [1.29, 1.82) is 0 Å². The van der Waals surface area contributed by atoms with Gasteiger partial charge in [-0.15, -0.1) is 0 Å². The Bertz CT molecular complexity index is 1040. The van der Waals surface area contributed by atoms with Crippen LogP contribution in [0.4, 0.5) is 11.6 Å². The Kier molecular flexibility index (Phi) is 4.24. The number of aromatic nitrogens is 2. The molecular formula is C19H20N4O2S. The standard InChI is InChI=1S/C19H20N4O2S/c1-14-8-10-15(11-9-14)26(24,25)22-18-19(23-12-4-5-13-23)21-17-7-3-2-6-16(17)20-18/h2-3,6-11H,4-5,12-13H2,1H3,(H,20,22). The lowest BCUT2D eigenvalue weighted by molar-refractivity contribution is 0.601. The van der Waals surface area contributed by atoms with Crippen LogP contribution in [0.3, 0.4) is 0 Å². The maximum atomic E-state index is 12.8. The molecule has 0 amide bonds. The van der Waals surface area contributed by atoms with E-state index in [0.717, 1.165) is 37.0 Å². The van der Waals surface area contributed by atoms with Gasteiger partial charge in [0.2, 0.25) is 0 Å². The van der Waals surface area contributed by atoms with Crippen molar-refractivity contribution >= 4 is 32.7 Å². The summed E-state index contributed by atoms with van der Waals surface area (Å²) in [5.74, 6) is 0.878. The molecule has 4 rings (SSSR count). The monoisotopic (exact) mass is 368 g/mol. The quantitative estimate of drug-likeness (QED) is 0.764. The maximum absolute atomic E-state index is 12.8. The molecular weight excluding hydrogens is 348 g/mol. The highest BCUT2D eigenvalue weighted by Crippen LogP contribution is 2.29. The van der Waals surface area contributed by atoms with Gasteiger partial charge in [0, 0.05) is 13.1 Å². The molecule has 1 fully saturated rings. The number of hydrogen-bond acceptors (Lipinski definition) is 5. The van der Waals surface area contributed by atoms with Gasteiger partial charge in [-0.2, -0.15) is 0 Å². The fraction of sp³-hybridized carbons (Fsp3) is 0.263. The lowest BCUT2D eigenvalue weighted by Gasteiger charge is -2.20. The van der Waals surface area contributed by atoms with Gasteiger partial charge in [0.15, 0.2) is 11.6 Å². The molecule has 2 aromatic carbocycles.